The Balaban J connectivity index is 2.23. The van der Waals surface area contributed by atoms with Crippen LogP contribution < -0.4 is 0 Å². The Kier molecular flexibility index (Phi) is 3.59. The zero-order valence-electron chi connectivity index (χ0n) is 10.5. The molecule has 1 aromatic rings. The summed E-state index contributed by atoms with van der Waals surface area (Å²) >= 11 is 0. The van der Waals surface area contributed by atoms with Crippen LogP contribution in [-0.2, 0) is 4.79 Å². The van der Waals surface area contributed by atoms with E-state index < -0.39 is 4.92 Å². The summed E-state index contributed by atoms with van der Waals surface area (Å²) < 4.78 is 0. The van der Waals surface area contributed by atoms with E-state index in [4.69, 9.17) is 0 Å². The minimum absolute atomic E-state index is 0.0745. The van der Waals surface area contributed by atoms with Crippen molar-refractivity contribution in [3.05, 3.63) is 39.9 Å². The number of carbonyl (C=O) groups is 2. The number of nitro benzene ring substituents is 1. The second-order valence-corrected chi connectivity index (χ2v) is 4.61. The van der Waals surface area contributed by atoms with E-state index in [9.17, 15) is 19.7 Å². The molecule has 6 heteroatoms. The smallest absolute Gasteiger partial charge is 0.269 e. The first-order valence-corrected chi connectivity index (χ1v) is 6.11. The molecule has 0 aliphatic carbocycles. The molecule has 1 aromatic carbocycles. The Labute approximate surface area is 110 Å². The minimum atomic E-state index is -0.525. The molecule has 1 aliphatic rings. The molecule has 0 saturated carbocycles. The van der Waals surface area contributed by atoms with Crippen LogP contribution in [0.25, 0.3) is 0 Å². The van der Waals surface area contributed by atoms with E-state index in [1.807, 2.05) is 6.92 Å². The molecule has 0 radical (unpaired) electrons. The fourth-order valence-corrected chi connectivity index (χ4v) is 2.22. The number of likely N-dealkylation sites (tertiary alicyclic amines) is 1. The lowest BCUT2D eigenvalue weighted by Crippen LogP contribution is -2.45. The number of non-ortho nitro benzene ring substituents is 1. The van der Waals surface area contributed by atoms with Crippen molar-refractivity contribution < 1.29 is 14.5 Å². The summed E-state index contributed by atoms with van der Waals surface area (Å²) in [6.45, 7) is 1.83. The molecule has 19 heavy (non-hydrogen) atoms. The standard InChI is InChI=1S/C13H14N2O4/c1-9-3-2-4-12(16)14(9)13(17)10-5-7-11(8-6-10)15(18)19/h5-9H,2-4H2,1H3. The van der Waals surface area contributed by atoms with Crippen LogP contribution in [0.2, 0.25) is 0 Å². The third-order valence-corrected chi connectivity index (χ3v) is 3.27. The minimum Gasteiger partial charge on any atom is -0.276 e. The lowest BCUT2D eigenvalue weighted by Gasteiger charge is -2.31. The van der Waals surface area contributed by atoms with Crippen LogP contribution in [0, 0.1) is 10.1 Å². The van der Waals surface area contributed by atoms with E-state index >= 15 is 0 Å². The third-order valence-electron chi connectivity index (χ3n) is 3.27. The van der Waals surface area contributed by atoms with E-state index in [-0.39, 0.29) is 23.5 Å². The zero-order chi connectivity index (χ0) is 14.0. The highest BCUT2D eigenvalue weighted by atomic mass is 16.6. The third kappa shape index (κ3) is 2.62. The Morgan fingerprint density at radius 2 is 2.00 bits per heavy atom. The van der Waals surface area contributed by atoms with Crippen LogP contribution in [0.4, 0.5) is 5.69 Å². The normalized spacial score (nSPS) is 19.3. The Hall–Kier alpha value is -2.24. The molecule has 0 bridgehead atoms. The Morgan fingerprint density at radius 3 is 2.53 bits per heavy atom. The molecular formula is C13H14N2O4. The lowest BCUT2D eigenvalue weighted by molar-refractivity contribution is -0.384. The van der Waals surface area contributed by atoms with Gasteiger partial charge in [0, 0.05) is 30.2 Å². The van der Waals surface area contributed by atoms with Crippen molar-refractivity contribution in [3.63, 3.8) is 0 Å². The fourth-order valence-electron chi connectivity index (χ4n) is 2.22. The van der Waals surface area contributed by atoms with E-state index in [0.29, 0.717) is 12.0 Å². The molecule has 1 unspecified atom stereocenters. The highest BCUT2D eigenvalue weighted by Crippen LogP contribution is 2.21. The number of hydrogen-bond acceptors (Lipinski definition) is 4. The van der Waals surface area contributed by atoms with E-state index in [2.05, 4.69) is 0 Å². The van der Waals surface area contributed by atoms with Crippen molar-refractivity contribution >= 4 is 17.5 Å². The molecule has 0 aromatic heterocycles. The summed E-state index contributed by atoms with van der Waals surface area (Å²) in [5, 5.41) is 10.5. The number of hydrogen-bond donors (Lipinski definition) is 0. The monoisotopic (exact) mass is 262 g/mol. The van der Waals surface area contributed by atoms with Crippen LogP contribution in [0.1, 0.15) is 36.5 Å². The maximum atomic E-state index is 12.2. The van der Waals surface area contributed by atoms with Crippen LogP contribution >= 0.6 is 0 Å². The second-order valence-electron chi connectivity index (χ2n) is 4.61. The van der Waals surface area contributed by atoms with E-state index in [1.165, 1.54) is 29.2 Å². The molecule has 1 atom stereocenters. The molecule has 100 valence electrons. The topological polar surface area (TPSA) is 80.5 Å². The van der Waals surface area contributed by atoms with Gasteiger partial charge in [0.25, 0.3) is 11.6 Å². The summed E-state index contributed by atoms with van der Waals surface area (Å²) in [4.78, 5) is 35.3. The first kappa shape index (κ1) is 13.2. The van der Waals surface area contributed by atoms with Crippen LogP contribution in [0.15, 0.2) is 24.3 Å². The largest absolute Gasteiger partial charge is 0.276 e. The average molecular weight is 262 g/mol. The molecule has 1 aliphatic heterocycles. The van der Waals surface area contributed by atoms with Crippen molar-refractivity contribution in [3.8, 4) is 0 Å². The zero-order valence-corrected chi connectivity index (χ0v) is 10.5. The SMILES string of the molecule is CC1CCCC(=O)N1C(=O)c1ccc([N+](=O)[O-])cc1. The van der Waals surface area contributed by atoms with Crippen molar-refractivity contribution in [1.82, 2.24) is 4.90 Å². The van der Waals surface area contributed by atoms with E-state index in [1.54, 1.807) is 0 Å². The van der Waals surface area contributed by atoms with Gasteiger partial charge in [-0.05, 0) is 31.9 Å². The molecule has 2 amide bonds. The van der Waals surface area contributed by atoms with Gasteiger partial charge in [0.1, 0.15) is 0 Å². The van der Waals surface area contributed by atoms with Crippen LogP contribution in [0.3, 0.4) is 0 Å². The lowest BCUT2D eigenvalue weighted by atomic mass is 10.0. The number of amides is 2. The van der Waals surface area contributed by atoms with E-state index in [0.717, 1.165) is 12.8 Å². The Bertz CT molecular complexity index is 524. The average Bonchev–Trinajstić information content (AvgIpc) is 2.38. The Morgan fingerprint density at radius 1 is 1.37 bits per heavy atom. The van der Waals surface area contributed by atoms with Gasteiger partial charge in [-0.1, -0.05) is 0 Å². The predicted molar refractivity (Wildman–Crippen MR) is 67.6 cm³/mol. The van der Waals surface area contributed by atoms with Gasteiger partial charge >= 0.3 is 0 Å². The van der Waals surface area contributed by atoms with Crippen LogP contribution in [0.5, 0.6) is 0 Å². The second kappa shape index (κ2) is 5.17. The van der Waals surface area contributed by atoms with Gasteiger partial charge in [-0.15, -0.1) is 0 Å². The number of carbonyl (C=O) groups excluding carboxylic acids is 2. The maximum absolute atomic E-state index is 12.2. The maximum Gasteiger partial charge on any atom is 0.269 e. The van der Waals surface area contributed by atoms with Gasteiger partial charge in [0.2, 0.25) is 5.91 Å². The van der Waals surface area contributed by atoms with Gasteiger partial charge in [0.05, 0.1) is 4.92 Å². The molecule has 1 heterocycles. The fraction of sp³-hybridized carbons (Fsp3) is 0.385. The van der Waals surface area contributed by atoms with Crippen molar-refractivity contribution in [2.45, 2.75) is 32.2 Å². The summed E-state index contributed by atoms with van der Waals surface area (Å²) in [5.74, 6) is -0.561. The molecule has 1 fully saturated rings. The summed E-state index contributed by atoms with van der Waals surface area (Å²) in [6.07, 6.45) is 1.97. The van der Waals surface area contributed by atoms with Gasteiger partial charge in [-0.2, -0.15) is 0 Å². The molecule has 2 rings (SSSR count). The van der Waals surface area contributed by atoms with Gasteiger partial charge < -0.3 is 0 Å². The highest BCUT2D eigenvalue weighted by molar-refractivity contribution is 6.05. The number of piperidine rings is 1. The van der Waals surface area contributed by atoms with Crippen molar-refractivity contribution in [1.29, 1.82) is 0 Å². The number of nitro groups is 1. The highest BCUT2D eigenvalue weighted by Gasteiger charge is 2.30. The molecule has 1 saturated heterocycles. The van der Waals surface area contributed by atoms with Crippen LogP contribution in [-0.4, -0.2) is 27.7 Å². The van der Waals surface area contributed by atoms with Crippen molar-refractivity contribution in [2.75, 3.05) is 0 Å². The van der Waals surface area contributed by atoms with Gasteiger partial charge in [0.15, 0.2) is 0 Å². The summed E-state index contributed by atoms with van der Waals surface area (Å²) in [5.41, 5.74) is 0.224. The number of rotatable bonds is 2. The molecular weight excluding hydrogens is 248 g/mol. The molecule has 6 nitrogen and oxygen atoms in total. The number of benzene rings is 1. The molecule has 0 spiro atoms. The summed E-state index contributed by atoms with van der Waals surface area (Å²) in [6, 6.07) is 5.19. The van der Waals surface area contributed by atoms with Gasteiger partial charge in [-0.25, -0.2) is 0 Å². The first-order valence-electron chi connectivity index (χ1n) is 6.11. The van der Waals surface area contributed by atoms with Crippen molar-refractivity contribution in [2.24, 2.45) is 0 Å². The van der Waals surface area contributed by atoms with Gasteiger partial charge in [-0.3, -0.25) is 24.6 Å². The quantitative estimate of drug-likeness (QED) is 0.464. The first-order chi connectivity index (χ1) is 9.00. The predicted octanol–water partition coefficient (Wildman–Crippen LogP) is 2.14. The molecule has 0 N–H and O–H groups in total. The number of imide groups is 1. The number of nitrogens with zero attached hydrogens (tertiary/aromatic N) is 2. The summed E-state index contributed by atoms with van der Waals surface area (Å²) in [7, 11) is 0.